The van der Waals surface area contributed by atoms with Crippen molar-refractivity contribution in [2.75, 3.05) is 0 Å². The lowest BCUT2D eigenvalue weighted by molar-refractivity contribution is -0.136. The molecule has 0 saturated carbocycles. The Morgan fingerprint density at radius 1 is 1.09 bits per heavy atom. The Balaban J connectivity index is 2.36. The van der Waals surface area contributed by atoms with Crippen molar-refractivity contribution in [2.45, 2.75) is 25.4 Å². The fraction of sp³-hybridized carbons (Fsp3) is 0.222. The molecule has 1 amide bonds. The highest BCUT2D eigenvalue weighted by molar-refractivity contribution is 5.90. The Bertz CT molecular complexity index is 585. The summed E-state index contributed by atoms with van der Waals surface area (Å²) >= 11 is 0. The van der Waals surface area contributed by atoms with Gasteiger partial charge in [0, 0.05) is 6.21 Å². The van der Waals surface area contributed by atoms with E-state index >= 15 is 0 Å². The van der Waals surface area contributed by atoms with Crippen LogP contribution >= 0.6 is 0 Å². The molecule has 2 aromatic rings. The summed E-state index contributed by atoms with van der Waals surface area (Å²) in [6.45, 7) is 2.03. The molecular formula is C18H20N2O2. The van der Waals surface area contributed by atoms with Crippen LogP contribution in [0.1, 0.15) is 30.9 Å². The van der Waals surface area contributed by atoms with Gasteiger partial charge in [-0.2, -0.15) is 5.10 Å². The molecule has 0 aliphatic rings. The molecule has 0 unspecified atom stereocenters. The third-order valence-corrected chi connectivity index (χ3v) is 3.39. The summed E-state index contributed by atoms with van der Waals surface area (Å²) in [5, 5.41) is 15.0. The number of hydrazone groups is 1. The number of carbonyl (C=O) groups is 1. The third kappa shape index (κ3) is 3.40. The average Bonchev–Trinajstić information content (AvgIpc) is 2.59. The first-order valence-corrected chi connectivity index (χ1v) is 7.35. The Morgan fingerprint density at radius 2 is 1.59 bits per heavy atom. The van der Waals surface area contributed by atoms with Crippen molar-refractivity contribution in [1.29, 1.82) is 0 Å². The Labute approximate surface area is 130 Å². The van der Waals surface area contributed by atoms with Gasteiger partial charge in [-0.3, -0.25) is 4.79 Å². The van der Waals surface area contributed by atoms with Gasteiger partial charge >= 0.3 is 0 Å². The number of hydrogen-bond donors (Lipinski definition) is 2. The number of benzene rings is 2. The molecule has 2 N–H and O–H groups in total. The van der Waals surface area contributed by atoms with Crippen LogP contribution in [0.5, 0.6) is 0 Å². The molecule has 0 fully saturated rings. The lowest BCUT2D eigenvalue weighted by Crippen LogP contribution is -2.43. The van der Waals surface area contributed by atoms with Crippen molar-refractivity contribution in [3.8, 4) is 0 Å². The van der Waals surface area contributed by atoms with Crippen molar-refractivity contribution >= 4 is 12.1 Å². The molecular weight excluding hydrogens is 276 g/mol. The average molecular weight is 296 g/mol. The highest BCUT2D eigenvalue weighted by atomic mass is 16.3. The molecule has 0 spiro atoms. The van der Waals surface area contributed by atoms with Crippen molar-refractivity contribution < 1.29 is 9.90 Å². The van der Waals surface area contributed by atoms with Crippen LogP contribution in [-0.4, -0.2) is 17.2 Å². The summed E-state index contributed by atoms with van der Waals surface area (Å²) in [5.74, 6) is -0.572. The van der Waals surface area contributed by atoms with Crippen LogP contribution in [0, 0.1) is 0 Å². The van der Waals surface area contributed by atoms with Crippen LogP contribution in [0.15, 0.2) is 65.8 Å². The number of carbonyl (C=O) groups excluding carboxylic acids is 1. The van der Waals surface area contributed by atoms with E-state index < -0.39 is 11.5 Å². The van der Waals surface area contributed by atoms with E-state index in [-0.39, 0.29) is 0 Å². The maximum Gasteiger partial charge on any atom is 0.281 e. The zero-order valence-electron chi connectivity index (χ0n) is 12.6. The Morgan fingerprint density at radius 3 is 2.05 bits per heavy atom. The van der Waals surface area contributed by atoms with Crippen LogP contribution in [0.2, 0.25) is 0 Å². The smallest absolute Gasteiger partial charge is 0.281 e. The maximum absolute atomic E-state index is 12.6. The van der Waals surface area contributed by atoms with E-state index in [9.17, 15) is 9.90 Å². The summed E-state index contributed by atoms with van der Waals surface area (Å²) < 4.78 is 0. The molecule has 4 nitrogen and oxygen atoms in total. The molecule has 4 heteroatoms. The molecule has 22 heavy (non-hydrogen) atoms. The normalized spacial score (nSPS) is 11.5. The summed E-state index contributed by atoms with van der Waals surface area (Å²) in [5.41, 5.74) is 1.67. The summed E-state index contributed by atoms with van der Waals surface area (Å²) in [4.78, 5) is 12.6. The number of hydrogen-bond acceptors (Lipinski definition) is 3. The summed E-state index contributed by atoms with van der Waals surface area (Å²) in [6, 6.07) is 17.7. The topological polar surface area (TPSA) is 61.7 Å². The van der Waals surface area contributed by atoms with Crippen LogP contribution < -0.4 is 5.43 Å². The largest absolute Gasteiger partial charge is 0.372 e. The molecule has 0 aliphatic heterocycles. The van der Waals surface area contributed by atoms with Crippen LogP contribution in [0.3, 0.4) is 0 Å². The first-order valence-electron chi connectivity index (χ1n) is 7.35. The zero-order chi connectivity index (χ0) is 15.8. The van der Waals surface area contributed by atoms with E-state index in [4.69, 9.17) is 0 Å². The molecule has 0 bridgehead atoms. The fourth-order valence-corrected chi connectivity index (χ4v) is 2.17. The molecule has 0 aromatic heterocycles. The fourth-order valence-electron chi connectivity index (χ4n) is 2.17. The predicted molar refractivity (Wildman–Crippen MR) is 87.4 cm³/mol. The second-order valence-electron chi connectivity index (χ2n) is 4.98. The summed E-state index contributed by atoms with van der Waals surface area (Å²) in [6.07, 6.45) is 3.35. The zero-order valence-corrected chi connectivity index (χ0v) is 12.6. The van der Waals surface area contributed by atoms with E-state index in [0.29, 0.717) is 11.1 Å². The van der Waals surface area contributed by atoms with Crippen molar-refractivity contribution in [3.63, 3.8) is 0 Å². The lowest BCUT2D eigenvalue weighted by Gasteiger charge is -2.27. The van der Waals surface area contributed by atoms with E-state index in [2.05, 4.69) is 10.5 Å². The van der Waals surface area contributed by atoms with Gasteiger partial charge in [0.2, 0.25) is 0 Å². The van der Waals surface area contributed by atoms with E-state index in [1.54, 1.807) is 54.7 Å². The van der Waals surface area contributed by atoms with Crippen LogP contribution in [0.4, 0.5) is 0 Å². The molecule has 0 radical (unpaired) electrons. The van der Waals surface area contributed by atoms with Gasteiger partial charge in [0.15, 0.2) is 5.60 Å². The first kappa shape index (κ1) is 15.9. The van der Waals surface area contributed by atoms with Gasteiger partial charge in [-0.15, -0.1) is 0 Å². The van der Waals surface area contributed by atoms with Gasteiger partial charge in [-0.1, -0.05) is 74.0 Å². The molecule has 0 atom stereocenters. The molecule has 2 rings (SSSR count). The highest BCUT2D eigenvalue weighted by Crippen LogP contribution is 2.29. The maximum atomic E-state index is 12.6. The SMILES string of the molecule is CCC/C=N\NC(=O)C(O)(c1ccccc1)c1ccccc1. The minimum absolute atomic E-state index is 0.504. The van der Waals surface area contributed by atoms with Crippen molar-refractivity contribution in [1.82, 2.24) is 5.43 Å². The monoisotopic (exact) mass is 296 g/mol. The Hall–Kier alpha value is -2.46. The quantitative estimate of drug-likeness (QED) is 0.636. The minimum atomic E-state index is -1.77. The van der Waals surface area contributed by atoms with Crippen molar-refractivity contribution in [2.24, 2.45) is 5.10 Å². The van der Waals surface area contributed by atoms with Crippen LogP contribution in [-0.2, 0) is 10.4 Å². The van der Waals surface area contributed by atoms with Crippen molar-refractivity contribution in [3.05, 3.63) is 71.8 Å². The van der Waals surface area contributed by atoms with Crippen LogP contribution in [0.25, 0.3) is 0 Å². The first-order chi connectivity index (χ1) is 10.7. The van der Waals surface area contributed by atoms with E-state index in [1.807, 2.05) is 19.1 Å². The third-order valence-electron chi connectivity index (χ3n) is 3.39. The minimum Gasteiger partial charge on any atom is -0.372 e. The lowest BCUT2D eigenvalue weighted by atomic mass is 9.85. The molecule has 0 saturated heterocycles. The second kappa shape index (κ2) is 7.52. The van der Waals surface area contributed by atoms with Gasteiger partial charge in [-0.25, -0.2) is 5.43 Å². The number of amides is 1. The molecule has 114 valence electrons. The highest BCUT2D eigenvalue weighted by Gasteiger charge is 2.39. The molecule has 0 heterocycles. The summed E-state index contributed by atoms with van der Waals surface area (Å²) in [7, 11) is 0. The standard InChI is InChI=1S/C18H20N2O2/c1-2-3-14-19-20-17(21)18(22,15-10-6-4-7-11-15)16-12-8-5-9-13-16/h4-14,22H,2-3H2,1H3,(H,20,21)/b19-14-. The van der Waals surface area contributed by atoms with Gasteiger partial charge < -0.3 is 5.11 Å². The van der Waals surface area contributed by atoms with Gasteiger partial charge in [0.25, 0.3) is 5.91 Å². The number of nitrogens with zero attached hydrogens (tertiary/aromatic N) is 1. The van der Waals surface area contributed by atoms with E-state index in [0.717, 1.165) is 12.8 Å². The Kier molecular flexibility index (Phi) is 5.44. The molecule has 0 aliphatic carbocycles. The number of unbranched alkanes of at least 4 members (excludes halogenated alkanes) is 1. The second-order valence-corrected chi connectivity index (χ2v) is 4.98. The number of aliphatic hydroxyl groups is 1. The van der Waals surface area contributed by atoms with Gasteiger partial charge in [0.05, 0.1) is 0 Å². The van der Waals surface area contributed by atoms with Gasteiger partial charge in [-0.05, 0) is 17.5 Å². The number of rotatable bonds is 6. The number of nitrogens with one attached hydrogen (secondary N) is 1. The predicted octanol–water partition coefficient (Wildman–Crippen LogP) is 2.82. The van der Waals surface area contributed by atoms with E-state index in [1.165, 1.54) is 0 Å². The van der Waals surface area contributed by atoms with Gasteiger partial charge in [0.1, 0.15) is 0 Å². The molecule has 2 aromatic carbocycles.